The first kappa shape index (κ1) is 14.2. The van der Waals surface area contributed by atoms with Gasteiger partial charge in [-0.2, -0.15) is 0 Å². The maximum Gasteiger partial charge on any atom is 0.0805 e. The van der Waals surface area contributed by atoms with Crippen molar-refractivity contribution in [1.82, 2.24) is 0 Å². The molecule has 2 rings (SSSR count). The van der Waals surface area contributed by atoms with Gasteiger partial charge in [-0.1, -0.05) is 67.4 Å². The Bertz CT molecular complexity index is 386. The Balaban J connectivity index is 1.90. The van der Waals surface area contributed by atoms with E-state index in [9.17, 15) is 5.11 Å². The molecule has 1 aliphatic carbocycles. The molecule has 100 valence electrons. The topological polar surface area (TPSA) is 20.2 Å². The van der Waals surface area contributed by atoms with E-state index in [0.717, 1.165) is 24.3 Å². The highest BCUT2D eigenvalue weighted by atomic mass is 35.5. The van der Waals surface area contributed by atoms with Crippen LogP contribution in [-0.2, 0) is 0 Å². The summed E-state index contributed by atoms with van der Waals surface area (Å²) < 4.78 is 0. The van der Waals surface area contributed by atoms with Gasteiger partial charge >= 0.3 is 0 Å². The van der Waals surface area contributed by atoms with Crippen molar-refractivity contribution in [2.45, 2.75) is 51.0 Å². The van der Waals surface area contributed by atoms with Crippen molar-refractivity contribution in [3.63, 3.8) is 0 Å². The zero-order chi connectivity index (χ0) is 13.0. The van der Waals surface area contributed by atoms with Crippen LogP contribution >= 0.6 is 23.2 Å². The van der Waals surface area contributed by atoms with E-state index in [1.54, 1.807) is 6.07 Å². The minimum Gasteiger partial charge on any atom is -0.388 e. The van der Waals surface area contributed by atoms with Crippen molar-refractivity contribution in [3.8, 4) is 0 Å². The van der Waals surface area contributed by atoms with Gasteiger partial charge in [0.1, 0.15) is 0 Å². The van der Waals surface area contributed by atoms with E-state index in [1.807, 2.05) is 12.1 Å². The van der Waals surface area contributed by atoms with Gasteiger partial charge < -0.3 is 5.11 Å². The van der Waals surface area contributed by atoms with Crippen LogP contribution in [0.5, 0.6) is 0 Å². The second-order valence-electron chi connectivity index (χ2n) is 5.24. The predicted octanol–water partition coefficient (Wildman–Crippen LogP) is 5.39. The second-order valence-corrected chi connectivity index (χ2v) is 6.03. The van der Waals surface area contributed by atoms with E-state index in [4.69, 9.17) is 23.2 Å². The molecule has 1 nitrogen and oxygen atoms in total. The molecule has 0 amide bonds. The summed E-state index contributed by atoms with van der Waals surface area (Å²) in [5.41, 5.74) is 0.764. The monoisotopic (exact) mass is 286 g/mol. The molecule has 3 heteroatoms. The Labute approximate surface area is 119 Å². The maximum atomic E-state index is 10.2. The third kappa shape index (κ3) is 3.63. The van der Waals surface area contributed by atoms with Gasteiger partial charge in [0.15, 0.2) is 0 Å². The quantitative estimate of drug-likeness (QED) is 0.787. The molecule has 0 aromatic heterocycles. The van der Waals surface area contributed by atoms with Gasteiger partial charge in [0.2, 0.25) is 0 Å². The first-order valence-electron chi connectivity index (χ1n) is 6.80. The summed E-state index contributed by atoms with van der Waals surface area (Å²) in [6, 6.07) is 5.45. The normalized spacial score (nSPS) is 18.8. The number of hydrogen-bond donors (Lipinski definition) is 1. The molecule has 1 fully saturated rings. The summed E-state index contributed by atoms with van der Waals surface area (Å²) >= 11 is 12.1. The van der Waals surface area contributed by atoms with Crippen LogP contribution in [0, 0.1) is 5.92 Å². The molecule has 0 heterocycles. The maximum absolute atomic E-state index is 10.2. The van der Waals surface area contributed by atoms with Crippen LogP contribution in [0.15, 0.2) is 18.2 Å². The van der Waals surface area contributed by atoms with Crippen LogP contribution in [0.25, 0.3) is 0 Å². The summed E-state index contributed by atoms with van der Waals surface area (Å²) in [4.78, 5) is 0. The highest BCUT2D eigenvalue weighted by molar-refractivity contribution is 6.42. The van der Waals surface area contributed by atoms with Gasteiger partial charge in [-0.25, -0.2) is 0 Å². The smallest absolute Gasteiger partial charge is 0.0805 e. The summed E-state index contributed by atoms with van der Waals surface area (Å²) in [6.07, 6.45) is 8.08. The fraction of sp³-hybridized carbons (Fsp3) is 0.600. The minimum absolute atomic E-state index is 0.488. The summed E-state index contributed by atoms with van der Waals surface area (Å²) in [5, 5.41) is 11.2. The fourth-order valence-electron chi connectivity index (χ4n) is 2.80. The van der Waals surface area contributed by atoms with Crippen LogP contribution in [0.2, 0.25) is 10.0 Å². The molecule has 0 spiro atoms. The van der Waals surface area contributed by atoms with E-state index in [2.05, 4.69) is 0 Å². The van der Waals surface area contributed by atoms with Crippen LogP contribution in [-0.4, -0.2) is 5.11 Å². The largest absolute Gasteiger partial charge is 0.388 e. The molecule has 0 aliphatic heterocycles. The van der Waals surface area contributed by atoms with Gasteiger partial charge in [0.05, 0.1) is 16.1 Å². The molecule has 18 heavy (non-hydrogen) atoms. The molecular formula is C15H20Cl2O. The van der Waals surface area contributed by atoms with E-state index in [-0.39, 0.29) is 0 Å². The molecule has 1 aromatic rings. The Kier molecular flexibility index (Phi) is 5.35. The number of benzene rings is 1. The van der Waals surface area contributed by atoms with E-state index in [1.165, 1.54) is 32.1 Å². The number of halogens is 2. The summed E-state index contributed by atoms with van der Waals surface area (Å²) in [5.74, 6) is 0.784. The van der Waals surface area contributed by atoms with Crippen molar-refractivity contribution in [3.05, 3.63) is 33.8 Å². The average molecular weight is 287 g/mol. The minimum atomic E-state index is -0.488. The lowest BCUT2D eigenvalue weighted by Gasteiger charge is -2.23. The van der Waals surface area contributed by atoms with Crippen molar-refractivity contribution < 1.29 is 5.11 Å². The van der Waals surface area contributed by atoms with E-state index in [0.29, 0.717) is 10.0 Å². The molecule has 0 bridgehead atoms. The van der Waals surface area contributed by atoms with Gasteiger partial charge in [-0.15, -0.1) is 0 Å². The van der Waals surface area contributed by atoms with Crippen molar-refractivity contribution in [2.24, 2.45) is 5.92 Å². The molecule has 1 atom stereocenters. The molecule has 0 saturated heterocycles. The number of aliphatic hydroxyl groups excluding tert-OH is 1. The van der Waals surface area contributed by atoms with Gasteiger partial charge in [0.25, 0.3) is 0 Å². The average Bonchev–Trinajstić information content (AvgIpc) is 2.40. The molecule has 1 saturated carbocycles. The van der Waals surface area contributed by atoms with E-state index < -0.39 is 6.10 Å². The highest BCUT2D eigenvalue weighted by Gasteiger charge is 2.18. The standard InChI is InChI=1S/C15H20Cl2O/c16-13-8-4-7-12(15(13)17)14(18)10-9-11-5-2-1-3-6-11/h4,7-8,11,14,18H,1-3,5-6,9-10H2. The lowest BCUT2D eigenvalue weighted by Crippen LogP contribution is -2.08. The summed E-state index contributed by atoms with van der Waals surface area (Å²) in [7, 11) is 0. The lowest BCUT2D eigenvalue weighted by molar-refractivity contribution is 0.151. The first-order valence-corrected chi connectivity index (χ1v) is 7.56. The number of aliphatic hydroxyl groups is 1. The van der Waals surface area contributed by atoms with Gasteiger partial charge in [-0.3, -0.25) is 0 Å². The third-order valence-electron chi connectivity index (χ3n) is 3.91. The highest BCUT2D eigenvalue weighted by Crippen LogP contribution is 2.34. The second kappa shape index (κ2) is 6.79. The molecule has 1 aromatic carbocycles. The van der Waals surface area contributed by atoms with E-state index >= 15 is 0 Å². The Morgan fingerprint density at radius 3 is 2.61 bits per heavy atom. The van der Waals surface area contributed by atoms with Crippen molar-refractivity contribution in [2.75, 3.05) is 0 Å². The zero-order valence-corrected chi connectivity index (χ0v) is 12.1. The molecule has 1 aliphatic rings. The third-order valence-corrected chi connectivity index (χ3v) is 4.75. The Hall–Kier alpha value is -0.240. The predicted molar refractivity (Wildman–Crippen MR) is 77.2 cm³/mol. The molecule has 0 radical (unpaired) electrons. The summed E-state index contributed by atoms with van der Waals surface area (Å²) in [6.45, 7) is 0. The Morgan fingerprint density at radius 1 is 1.17 bits per heavy atom. The Morgan fingerprint density at radius 2 is 1.89 bits per heavy atom. The van der Waals surface area contributed by atoms with Crippen molar-refractivity contribution >= 4 is 23.2 Å². The van der Waals surface area contributed by atoms with Crippen LogP contribution in [0.1, 0.15) is 56.6 Å². The van der Waals surface area contributed by atoms with Crippen LogP contribution < -0.4 is 0 Å². The van der Waals surface area contributed by atoms with Gasteiger partial charge in [-0.05, 0) is 24.8 Å². The van der Waals surface area contributed by atoms with Gasteiger partial charge in [0, 0.05) is 5.56 Å². The molecule has 1 N–H and O–H groups in total. The zero-order valence-electron chi connectivity index (χ0n) is 10.5. The number of rotatable bonds is 4. The van der Waals surface area contributed by atoms with Crippen molar-refractivity contribution in [1.29, 1.82) is 0 Å². The lowest BCUT2D eigenvalue weighted by atomic mass is 9.85. The number of hydrogen-bond acceptors (Lipinski definition) is 1. The molecular weight excluding hydrogens is 267 g/mol. The first-order chi connectivity index (χ1) is 8.68. The fourth-order valence-corrected chi connectivity index (χ4v) is 3.24. The van der Waals surface area contributed by atoms with Crippen LogP contribution in [0.3, 0.4) is 0 Å². The molecule has 1 unspecified atom stereocenters. The van der Waals surface area contributed by atoms with Crippen LogP contribution in [0.4, 0.5) is 0 Å². The SMILES string of the molecule is OC(CCC1CCCCC1)c1cccc(Cl)c1Cl.